The van der Waals surface area contributed by atoms with Crippen LogP contribution in [0.3, 0.4) is 0 Å². The van der Waals surface area contributed by atoms with Gasteiger partial charge in [-0.3, -0.25) is 0 Å². The van der Waals surface area contributed by atoms with Gasteiger partial charge in [0.1, 0.15) is 0 Å². The lowest BCUT2D eigenvalue weighted by Crippen LogP contribution is -2.35. The van der Waals surface area contributed by atoms with E-state index in [2.05, 4.69) is 20.8 Å². The second-order valence-corrected chi connectivity index (χ2v) is 5.52. The molecule has 0 spiro atoms. The van der Waals surface area contributed by atoms with Crippen LogP contribution in [0.15, 0.2) is 0 Å². The summed E-state index contributed by atoms with van der Waals surface area (Å²) in [5, 5.41) is 0. The highest BCUT2D eigenvalue weighted by Gasteiger charge is 2.30. The maximum Gasteiger partial charge on any atom is 0.0683 e. The molecule has 0 radical (unpaired) electrons. The molecule has 2 unspecified atom stereocenters. The molecule has 1 nitrogen and oxygen atoms in total. The molecule has 0 aromatic rings. The molecule has 1 heteroatoms. The third-order valence-electron chi connectivity index (χ3n) is 4.07. The zero-order valence-corrected chi connectivity index (χ0v) is 13.6. The van der Waals surface area contributed by atoms with E-state index in [0.29, 0.717) is 6.10 Å². The maximum absolute atomic E-state index is 6.41. The van der Waals surface area contributed by atoms with E-state index in [-0.39, 0.29) is 5.60 Å². The highest BCUT2D eigenvalue weighted by molar-refractivity contribution is 4.81. The molecule has 1 heterocycles. The van der Waals surface area contributed by atoms with Gasteiger partial charge in [-0.05, 0) is 32.6 Å². The van der Waals surface area contributed by atoms with Crippen LogP contribution in [0.1, 0.15) is 98.8 Å². The van der Waals surface area contributed by atoms with Crippen molar-refractivity contribution < 1.29 is 4.74 Å². The van der Waals surface area contributed by atoms with E-state index in [1.165, 1.54) is 64.2 Å². The van der Waals surface area contributed by atoms with E-state index < -0.39 is 0 Å². The SMILES string of the molecule is CC.CCCCC1(CC)CCCCCCC(C)O1. The highest BCUT2D eigenvalue weighted by atomic mass is 16.5. The van der Waals surface area contributed by atoms with Gasteiger partial charge in [0, 0.05) is 0 Å². The van der Waals surface area contributed by atoms with Gasteiger partial charge in [0.05, 0.1) is 11.7 Å². The number of unbranched alkanes of at least 4 members (excludes halogenated alkanes) is 1. The van der Waals surface area contributed by atoms with Crippen molar-refractivity contribution in [3.63, 3.8) is 0 Å². The molecule has 1 rings (SSSR count). The average Bonchev–Trinajstić information content (AvgIpc) is 2.50. The monoisotopic (exact) mass is 256 g/mol. The molecule has 1 aliphatic rings. The summed E-state index contributed by atoms with van der Waals surface area (Å²) in [6.45, 7) is 10.9. The van der Waals surface area contributed by atoms with Crippen molar-refractivity contribution in [3.05, 3.63) is 0 Å². The van der Waals surface area contributed by atoms with Gasteiger partial charge in [-0.2, -0.15) is 0 Å². The van der Waals surface area contributed by atoms with Gasteiger partial charge in [-0.1, -0.05) is 66.2 Å². The molecular formula is C17H36O. The zero-order valence-electron chi connectivity index (χ0n) is 13.6. The Bertz CT molecular complexity index is 178. The second-order valence-electron chi connectivity index (χ2n) is 5.52. The molecule has 2 atom stereocenters. The zero-order chi connectivity index (χ0) is 13.9. The van der Waals surface area contributed by atoms with Gasteiger partial charge in [0.2, 0.25) is 0 Å². The van der Waals surface area contributed by atoms with Crippen LogP contribution in [0, 0.1) is 0 Å². The first-order valence-electron chi connectivity index (χ1n) is 8.40. The predicted molar refractivity (Wildman–Crippen MR) is 82.1 cm³/mol. The summed E-state index contributed by atoms with van der Waals surface area (Å²) in [4.78, 5) is 0. The molecule has 0 saturated carbocycles. The summed E-state index contributed by atoms with van der Waals surface area (Å²) in [6, 6.07) is 0. The smallest absolute Gasteiger partial charge is 0.0683 e. The van der Waals surface area contributed by atoms with Crippen molar-refractivity contribution in [2.75, 3.05) is 0 Å². The van der Waals surface area contributed by atoms with Crippen LogP contribution in [0.5, 0.6) is 0 Å². The molecule has 0 amide bonds. The van der Waals surface area contributed by atoms with Crippen molar-refractivity contribution in [3.8, 4) is 0 Å². The highest BCUT2D eigenvalue weighted by Crippen LogP contribution is 2.33. The van der Waals surface area contributed by atoms with E-state index in [1.807, 2.05) is 13.8 Å². The first-order valence-corrected chi connectivity index (χ1v) is 8.40. The Morgan fingerprint density at radius 2 is 1.72 bits per heavy atom. The van der Waals surface area contributed by atoms with E-state index in [0.717, 1.165) is 0 Å². The van der Waals surface area contributed by atoms with Gasteiger partial charge in [-0.25, -0.2) is 0 Å². The largest absolute Gasteiger partial charge is 0.372 e. The first-order chi connectivity index (χ1) is 8.72. The topological polar surface area (TPSA) is 9.23 Å². The molecule has 110 valence electrons. The quantitative estimate of drug-likeness (QED) is 0.589. The van der Waals surface area contributed by atoms with Crippen LogP contribution in [0.4, 0.5) is 0 Å². The molecule has 0 aromatic carbocycles. The van der Waals surface area contributed by atoms with Crippen molar-refractivity contribution in [1.82, 2.24) is 0 Å². The minimum absolute atomic E-state index is 0.208. The van der Waals surface area contributed by atoms with Crippen molar-refractivity contribution in [2.24, 2.45) is 0 Å². The van der Waals surface area contributed by atoms with Crippen molar-refractivity contribution in [2.45, 2.75) is 111 Å². The van der Waals surface area contributed by atoms with Crippen LogP contribution in [-0.4, -0.2) is 11.7 Å². The van der Waals surface area contributed by atoms with Gasteiger partial charge >= 0.3 is 0 Å². The lowest BCUT2D eigenvalue weighted by Gasteiger charge is -2.35. The van der Waals surface area contributed by atoms with Crippen molar-refractivity contribution >= 4 is 0 Å². The fourth-order valence-electron chi connectivity index (χ4n) is 2.90. The Morgan fingerprint density at radius 3 is 2.33 bits per heavy atom. The second kappa shape index (κ2) is 10.8. The van der Waals surface area contributed by atoms with Gasteiger partial charge < -0.3 is 4.74 Å². The van der Waals surface area contributed by atoms with E-state index in [1.54, 1.807) is 0 Å². The van der Waals surface area contributed by atoms with Crippen molar-refractivity contribution in [1.29, 1.82) is 0 Å². The van der Waals surface area contributed by atoms with Gasteiger partial charge in [-0.15, -0.1) is 0 Å². The Morgan fingerprint density at radius 1 is 1.06 bits per heavy atom. The maximum atomic E-state index is 6.41. The normalized spacial score (nSPS) is 29.5. The Hall–Kier alpha value is -0.0400. The molecular weight excluding hydrogens is 220 g/mol. The van der Waals surface area contributed by atoms with Crippen LogP contribution < -0.4 is 0 Å². The summed E-state index contributed by atoms with van der Waals surface area (Å²) in [7, 11) is 0. The third kappa shape index (κ3) is 6.78. The Labute approximate surface area is 116 Å². The molecule has 1 fully saturated rings. The molecule has 0 aromatic heterocycles. The van der Waals surface area contributed by atoms with Gasteiger partial charge in [0.15, 0.2) is 0 Å². The number of hydrogen-bond donors (Lipinski definition) is 0. The molecule has 0 bridgehead atoms. The fraction of sp³-hybridized carbons (Fsp3) is 1.00. The summed E-state index contributed by atoms with van der Waals surface area (Å²) < 4.78 is 6.41. The van der Waals surface area contributed by atoms with Crippen LogP contribution >= 0.6 is 0 Å². The summed E-state index contributed by atoms with van der Waals surface area (Å²) in [5.74, 6) is 0. The van der Waals surface area contributed by atoms with E-state index >= 15 is 0 Å². The Kier molecular flexibility index (Phi) is 10.8. The molecule has 18 heavy (non-hydrogen) atoms. The number of rotatable bonds is 4. The molecule has 0 aliphatic carbocycles. The van der Waals surface area contributed by atoms with E-state index in [4.69, 9.17) is 4.74 Å². The summed E-state index contributed by atoms with van der Waals surface area (Å²) >= 11 is 0. The van der Waals surface area contributed by atoms with Crippen LogP contribution in [0.2, 0.25) is 0 Å². The molecule has 1 saturated heterocycles. The standard InChI is InChI=1S/C15H30O.C2H6/c1-4-6-12-15(5-2)13-10-8-7-9-11-14(3)16-15;1-2/h14H,4-13H2,1-3H3;1-2H3. The summed E-state index contributed by atoms with van der Waals surface area (Å²) in [6.07, 6.45) is 13.6. The Balaban J connectivity index is 0.00000137. The first kappa shape index (κ1) is 18.0. The number of hydrogen-bond acceptors (Lipinski definition) is 1. The fourth-order valence-corrected chi connectivity index (χ4v) is 2.90. The minimum atomic E-state index is 0.208. The molecule has 1 aliphatic heterocycles. The lowest BCUT2D eigenvalue weighted by molar-refractivity contribution is -0.102. The third-order valence-corrected chi connectivity index (χ3v) is 4.07. The lowest BCUT2D eigenvalue weighted by atomic mass is 9.88. The average molecular weight is 256 g/mol. The summed E-state index contributed by atoms with van der Waals surface area (Å²) in [5.41, 5.74) is 0.208. The number of ether oxygens (including phenoxy) is 1. The predicted octanol–water partition coefficient (Wildman–Crippen LogP) is 6.11. The van der Waals surface area contributed by atoms with Crippen LogP contribution in [-0.2, 0) is 4.74 Å². The van der Waals surface area contributed by atoms with Crippen LogP contribution in [0.25, 0.3) is 0 Å². The minimum Gasteiger partial charge on any atom is -0.372 e. The molecule has 0 N–H and O–H groups in total. The van der Waals surface area contributed by atoms with E-state index in [9.17, 15) is 0 Å². The van der Waals surface area contributed by atoms with Gasteiger partial charge in [0.25, 0.3) is 0 Å².